The number of pyridine rings is 1. The van der Waals surface area contributed by atoms with E-state index in [0.29, 0.717) is 5.65 Å². The molecule has 0 amide bonds. The van der Waals surface area contributed by atoms with Crippen molar-refractivity contribution in [1.29, 1.82) is 0 Å². The molecule has 0 spiro atoms. The summed E-state index contributed by atoms with van der Waals surface area (Å²) in [6.45, 7) is 0. The molecule has 2 heterocycles. The summed E-state index contributed by atoms with van der Waals surface area (Å²) in [6.07, 6.45) is 3.37. The third-order valence-corrected chi connectivity index (χ3v) is 1.27. The Kier molecular flexibility index (Phi) is 0.646. The highest BCUT2D eigenvalue weighted by atomic mass is 14.8. The van der Waals surface area contributed by atoms with E-state index in [-0.39, 0.29) is 0 Å². The molecule has 0 saturated carbocycles. The summed E-state index contributed by atoms with van der Waals surface area (Å²) in [5.74, 6) is 0. The van der Waals surface area contributed by atoms with Crippen molar-refractivity contribution in [1.82, 2.24) is 9.96 Å². The Balaban J connectivity index is 2.93. The zero-order valence-electron chi connectivity index (χ0n) is 5.78. The minimum absolute atomic E-state index is 0.711. The van der Waals surface area contributed by atoms with Gasteiger partial charge in [-0.2, -0.15) is 0 Å². The fourth-order valence-electron chi connectivity index (χ4n) is 0.836. The predicted molar refractivity (Wildman–Crippen MR) is 36.1 cm³/mol. The van der Waals surface area contributed by atoms with Gasteiger partial charge in [0.1, 0.15) is 5.65 Å². The van der Waals surface area contributed by atoms with Crippen molar-refractivity contribution in [3.8, 4) is 0 Å². The Hall–Kier alpha value is -1.31. The average Bonchev–Trinajstić information content (AvgIpc) is 2.34. The highest BCUT2D eigenvalue weighted by molar-refractivity contribution is 5.74. The molecule has 0 aliphatic rings. The number of nitrogens with zero attached hydrogens (tertiary/aromatic N) is 1. The van der Waals surface area contributed by atoms with Gasteiger partial charge in [-0.25, -0.2) is 4.98 Å². The Bertz CT molecular complexity index is 353. The van der Waals surface area contributed by atoms with E-state index >= 15 is 0 Å². The Morgan fingerprint density at radius 2 is 2.56 bits per heavy atom. The van der Waals surface area contributed by atoms with Crippen LogP contribution in [0.5, 0.6) is 0 Å². The first-order valence-electron chi connectivity index (χ1n) is 3.24. The topological polar surface area (TPSA) is 28.7 Å². The van der Waals surface area contributed by atoms with Crippen LogP contribution in [0.1, 0.15) is 0 Å². The smallest absolute Gasteiger partial charge is 0.167 e. The second kappa shape index (κ2) is 1.58. The van der Waals surface area contributed by atoms with Gasteiger partial charge in [-0.05, 0) is 18.2 Å². The lowest BCUT2D eigenvalue weighted by molar-refractivity contribution is 1.33. The Labute approximate surface area is 54.0 Å². The highest BCUT2D eigenvalue weighted by Crippen LogP contribution is 2.05. The molecule has 0 saturated heterocycles. The summed E-state index contributed by atoms with van der Waals surface area (Å²) < 4.78 is 7.30. The van der Waals surface area contributed by atoms with Gasteiger partial charge in [0.05, 0.1) is 0 Å². The van der Waals surface area contributed by atoms with E-state index in [1.54, 1.807) is 12.4 Å². The number of fused-ring (bicyclic) bond motifs is 1. The van der Waals surface area contributed by atoms with E-state index in [9.17, 15) is 0 Å². The van der Waals surface area contributed by atoms with Crippen molar-refractivity contribution in [3.63, 3.8) is 0 Å². The van der Waals surface area contributed by atoms with Crippen LogP contribution < -0.4 is 0 Å². The van der Waals surface area contributed by atoms with Crippen molar-refractivity contribution >= 4 is 11.0 Å². The average molecular weight is 119 g/mol. The molecule has 0 aromatic carbocycles. The number of hydrogen-bond acceptors (Lipinski definition) is 1. The molecule has 2 nitrogen and oxygen atoms in total. The maximum Gasteiger partial charge on any atom is 0.167 e. The molecule has 0 aliphatic heterocycles. The number of aromatic nitrogens is 2. The molecule has 2 rings (SSSR count). The predicted octanol–water partition coefficient (Wildman–Crippen LogP) is 1.56. The van der Waals surface area contributed by atoms with Crippen molar-refractivity contribution < 1.29 is 1.41 Å². The molecular weight excluding hydrogens is 112 g/mol. The summed E-state index contributed by atoms with van der Waals surface area (Å²) in [7, 11) is 0. The SMILES string of the molecule is [2H]n1ccc2cccnc21. The van der Waals surface area contributed by atoms with E-state index in [2.05, 4.69) is 4.98 Å². The summed E-state index contributed by atoms with van der Waals surface area (Å²) in [6, 6.07) is 5.67. The minimum atomic E-state index is 0.711. The standard InChI is InChI=1S/C7H6N2/c1-2-6-3-5-9-7(6)8-4-1/h1-5H,(H,8,9)/i/hD. The molecule has 0 atom stereocenters. The van der Waals surface area contributed by atoms with Crippen LogP contribution in [0, 0.1) is 0 Å². The molecule has 0 aliphatic carbocycles. The molecule has 0 bridgehead atoms. The number of hydrogen-bond donors (Lipinski definition) is 1. The van der Waals surface area contributed by atoms with Crippen LogP contribution in [0.3, 0.4) is 0 Å². The van der Waals surface area contributed by atoms with Crippen LogP contribution in [0.2, 0.25) is 1.41 Å². The summed E-state index contributed by atoms with van der Waals surface area (Å²) >= 11 is 0. The molecule has 1 N–H and O–H groups in total. The molecule has 0 unspecified atom stereocenters. The summed E-state index contributed by atoms with van der Waals surface area (Å²) in [4.78, 5) is 5.28. The number of nitrogens with one attached hydrogen (secondary N) is 1. The summed E-state index contributed by atoms with van der Waals surface area (Å²) in [5.41, 5.74) is 0.711. The van der Waals surface area contributed by atoms with Gasteiger partial charge in [0, 0.05) is 17.8 Å². The molecule has 44 valence electrons. The first-order chi connectivity index (χ1) is 4.88. The number of rotatable bonds is 0. The van der Waals surface area contributed by atoms with Crippen molar-refractivity contribution in [2.45, 2.75) is 0 Å². The zero-order chi connectivity index (χ0) is 6.97. The number of aromatic amines is 1. The summed E-state index contributed by atoms with van der Waals surface area (Å²) in [5, 5.41) is 1.01. The van der Waals surface area contributed by atoms with Crippen LogP contribution in [0.4, 0.5) is 0 Å². The van der Waals surface area contributed by atoms with Gasteiger partial charge >= 0.3 is 0 Å². The van der Waals surface area contributed by atoms with Gasteiger partial charge in [-0.15, -0.1) is 0 Å². The fraction of sp³-hybridized carbons (Fsp3) is 0. The minimum Gasteiger partial charge on any atom is -0.346 e. The van der Waals surface area contributed by atoms with Gasteiger partial charge in [0.15, 0.2) is 1.41 Å². The van der Waals surface area contributed by atoms with Crippen LogP contribution in [0.15, 0.2) is 30.6 Å². The molecular formula is C7H6N2. The van der Waals surface area contributed by atoms with Crippen LogP contribution in [-0.4, -0.2) is 9.96 Å². The quantitative estimate of drug-likeness (QED) is 0.560. The lowest BCUT2D eigenvalue weighted by Gasteiger charge is -1.82. The fourth-order valence-corrected chi connectivity index (χ4v) is 0.836. The van der Waals surface area contributed by atoms with Gasteiger partial charge in [-0.3, -0.25) is 0 Å². The molecule has 2 aromatic rings. The normalized spacial score (nSPS) is 11.8. The molecule has 0 fully saturated rings. The second-order valence-electron chi connectivity index (χ2n) is 1.86. The van der Waals surface area contributed by atoms with E-state index in [4.69, 9.17) is 1.41 Å². The maximum absolute atomic E-state index is 7.30. The van der Waals surface area contributed by atoms with Gasteiger partial charge in [-0.1, -0.05) is 0 Å². The van der Waals surface area contributed by atoms with Crippen molar-refractivity contribution in [3.05, 3.63) is 30.6 Å². The van der Waals surface area contributed by atoms with Crippen LogP contribution in [0.25, 0.3) is 11.0 Å². The highest BCUT2D eigenvalue weighted by Gasteiger charge is 1.88. The Morgan fingerprint density at radius 1 is 1.56 bits per heavy atom. The molecule has 2 heteroatoms. The molecule has 2 aromatic heterocycles. The third kappa shape index (κ3) is 0.598. The van der Waals surface area contributed by atoms with E-state index in [1.807, 2.05) is 18.2 Å². The zero-order valence-corrected chi connectivity index (χ0v) is 4.78. The lowest BCUT2D eigenvalue weighted by atomic mass is 10.3. The second-order valence-corrected chi connectivity index (χ2v) is 1.86. The number of H-pyrrole nitrogens is 1. The maximum atomic E-state index is 7.30. The first kappa shape index (κ1) is 3.67. The Morgan fingerprint density at radius 3 is 3.44 bits per heavy atom. The van der Waals surface area contributed by atoms with E-state index in [0.717, 1.165) is 5.39 Å². The van der Waals surface area contributed by atoms with Crippen LogP contribution >= 0.6 is 0 Å². The van der Waals surface area contributed by atoms with Gasteiger partial charge < -0.3 is 4.98 Å². The molecule has 0 radical (unpaired) electrons. The monoisotopic (exact) mass is 119 g/mol. The van der Waals surface area contributed by atoms with Gasteiger partial charge in [0.25, 0.3) is 0 Å². The van der Waals surface area contributed by atoms with Crippen molar-refractivity contribution in [2.75, 3.05) is 0 Å². The first-order valence-corrected chi connectivity index (χ1v) is 2.79. The van der Waals surface area contributed by atoms with Crippen molar-refractivity contribution in [2.24, 2.45) is 0 Å². The van der Waals surface area contributed by atoms with E-state index in [1.165, 1.54) is 4.98 Å². The van der Waals surface area contributed by atoms with Gasteiger partial charge in [0.2, 0.25) is 0 Å². The lowest BCUT2D eigenvalue weighted by Crippen LogP contribution is -1.70. The molecule has 9 heavy (non-hydrogen) atoms. The third-order valence-electron chi connectivity index (χ3n) is 1.27. The van der Waals surface area contributed by atoms with E-state index < -0.39 is 0 Å². The van der Waals surface area contributed by atoms with Crippen LogP contribution in [-0.2, 0) is 0 Å². The largest absolute Gasteiger partial charge is 0.346 e.